The third-order valence-electron chi connectivity index (χ3n) is 3.31. The number of carbonyl (C=O) groups excluding carboxylic acids is 1. The molecule has 0 fully saturated rings. The van der Waals surface area contributed by atoms with E-state index in [1.807, 2.05) is 12.1 Å². The zero-order valence-electron chi connectivity index (χ0n) is 11.2. The molecule has 0 aliphatic rings. The molecule has 0 saturated heterocycles. The fraction of sp³-hybridized carbons (Fsp3) is 0.500. The molecule has 5 heteroatoms. The van der Waals surface area contributed by atoms with Crippen LogP contribution in [0.3, 0.4) is 0 Å². The molecule has 1 rings (SSSR count). The molecule has 0 bridgehead atoms. The molecular weight excluding hydrogens is 244 g/mol. The minimum atomic E-state index is -0.965. The highest BCUT2D eigenvalue weighted by Crippen LogP contribution is 2.11. The predicted octanol–water partition coefficient (Wildman–Crippen LogP) is 0.0510. The van der Waals surface area contributed by atoms with Crippen LogP contribution in [0.4, 0.5) is 0 Å². The molecule has 19 heavy (non-hydrogen) atoms. The molecular formula is C14H22N2O3. The number of amides is 1. The molecule has 0 saturated carbocycles. The fourth-order valence-electron chi connectivity index (χ4n) is 1.74. The summed E-state index contributed by atoms with van der Waals surface area (Å²) in [5.41, 5.74) is 6.07. The van der Waals surface area contributed by atoms with Gasteiger partial charge in [-0.25, -0.2) is 0 Å². The first-order chi connectivity index (χ1) is 9.10. The zero-order chi connectivity index (χ0) is 14.3. The van der Waals surface area contributed by atoms with Crippen molar-refractivity contribution in [2.75, 3.05) is 19.8 Å². The molecule has 5 nitrogen and oxygen atoms in total. The molecule has 1 aromatic rings. The van der Waals surface area contributed by atoms with E-state index in [1.54, 1.807) is 19.1 Å². The van der Waals surface area contributed by atoms with Crippen molar-refractivity contribution in [1.82, 2.24) is 5.32 Å². The molecule has 0 atom stereocenters. The van der Waals surface area contributed by atoms with E-state index in [0.29, 0.717) is 18.5 Å². The van der Waals surface area contributed by atoms with Crippen molar-refractivity contribution in [2.45, 2.75) is 25.3 Å². The second-order valence-corrected chi connectivity index (χ2v) is 4.64. The van der Waals surface area contributed by atoms with Crippen LogP contribution in [-0.4, -0.2) is 41.4 Å². The van der Waals surface area contributed by atoms with Gasteiger partial charge in [-0.3, -0.25) is 4.79 Å². The van der Waals surface area contributed by atoms with E-state index >= 15 is 0 Å². The number of nitrogens with two attached hydrogens (primary N) is 1. The molecule has 0 aliphatic carbocycles. The van der Waals surface area contributed by atoms with E-state index in [0.717, 1.165) is 12.0 Å². The minimum absolute atomic E-state index is 0.295. The molecule has 0 aromatic heterocycles. The van der Waals surface area contributed by atoms with Crippen LogP contribution in [0.15, 0.2) is 24.3 Å². The number of rotatable bonds is 7. The topological polar surface area (TPSA) is 95.6 Å². The van der Waals surface area contributed by atoms with Gasteiger partial charge in [0.05, 0.1) is 18.8 Å². The molecule has 1 aromatic carbocycles. The van der Waals surface area contributed by atoms with Crippen LogP contribution >= 0.6 is 0 Å². The minimum Gasteiger partial charge on any atom is -0.394 e. The third-order valence-corrected chi connectivity index (χ3v) is 3.31. The number of aliphatic hydroxyl groups is 2. The van der Waals surface area contributed by atoms with Gasteiger partial charge in [-0.1, -0.05) is 19.1 Å². The maximum atomic E-state index is 12.0. The average Bonchev–Trinajstić information content (AvgIpc) is 2.46. The fourth-order valence-corrected chi connectivity index (χ4v) is 1.74. The molecule has 0 heterocycles. The van der Waals surface area contributed by atoms with Gasteiger partial charge in [0.15, 0.2) is 0 Å². The Morgan fingerprint density at radius 1 is 1.26 bits per heavy atom. The van der Waals surface area contributed by atoms with Crippen LogP contribution in [-0.2, 0) is 6.42 Å². The summed E-state index contributed by atoms with van der Waals surface area (Å²) in [5.74, 6) is -0.302. The second-order valence-electron chi connectivity index (χ2n) is 4.64. The Morgan fingerprint density at radius 2 is 1.84 bits per heavy atom. The molecule has 0 unspecified atom stereocenters. The number of hydrogen-bond donors (Lipinski definition) is 4. The van der Waals surface area contributed by atoms with Gasteiger partial charge in [0.25, 0.3) is 5.91 Å². The SMILES string of the molecule is CCC(CO)(CO)NC(=O)c1ccc(CCN)cc1. The summed E-state index contributed by atoms with van der Waals surface area (Å²) in [6, 6.07) is 7.14. The van der Waals surface area contributed by atoms with E-state index in [2.05, 4.69) is 5.32 Å². The Morgan fingerprint density at radius 3 is 2.26 bits per heavy atom. The lowest BCUT2D eigenvalue weighted by Crippen LogP contribution is -2.53. The van der Waals surface area contributed by atoms with Gasteiger partial charge in [-0.2, -0.15) is 0 Å². The van der Waals surface area contributed by atoms with Crippen LogP contribution in [0.2, 0.25) is 0 Å². The lowest BCUT2D eigenvalue weighted by molar-refractivity contribution is 0.0653. The maximum absolute atomic E-state index is 12.0. The summed E-state index contributed by atoms with van der Waals surface area (Å²) in [5, 5.41) is 21.3. The lowest BCUT2D eigenvalue weighted by atomic mass is 9.97. The van der Waals surface area contributed by atoms with Crippen LogP contribution in [0, 0.1) is 0 Å². The summed E-state index contributed by atoms with van der Waals surface area (Å²) < 4.78 is 0. The predicted molar refractivity (Wildman–Crippen MR) is 73.9 cm³/mol. The zero-order valence-corrected chi connectivity index (χ0v) is 11.2. The summed E-state index contributed by atoms with van der Waals surface area (Å²) in [6.07, 6.45) is 1.23. The monoisotopic (exact) mass is 266 g/mol. The van der Waals surface area contributed by atoms with Gasteiger partial charge in [0.2, 0.25) is 0 Å². The highest BCUT2D eigenvalue weighted by Gasteiger charge is 2.28. The van der Waals surface area contributed by atoms with Gasteiger partial charge in [-0.15, -0.1) is 0 Å². The number of nitrogens with one attached hydrogen (secondary N) is 1. The van der Waals surface area contributed by atoms with Crippen molar-refractivity contribution in [1.29, 1.82) is 0 Å². The number of benzene rings is 1. The Labute approximate surface area is 113 Å². The number of aliphatic hydroxyl groups excluding tert-OH is 2. The van der Waals surface area contributed by atoms with Crippen molar-refractivity contribution >= 4 is 5.91 Å². The van der Waals surface area contributed by atoms with E-state index in [1.165, 1.54) is 0 Å². The average molecular weight is 266 g/mol. The molecule has 0 radical (unpaired) electrons. The normalized spacial score (nSPS) is 11.4. The van der Waals surface area contributed by atoms with Crippen LogP contribution in [0.5, 0.6) is 0 Å². The Kier molecular flexibility index (Phi) is 5.95. The first-order valence-corrected chi connectivity index (χ1v) is 6.44. The van der Waals surface area contributed by atoms with Crippen molar-refractivity contribution in [3.05, 3.63) is 35.4 Å². The molecule has 0 spiro atoms. The summed E-state index contributed by atoms with van der Waals surface area (Å²) in [6.45, 7) is 1.78. The van der Waals surface area contributed by atoms with Crippen molar-refractivity contribution < 1.29 is 15.0 Å². The van der Waals surface area contributed by atoms with E-state index in [9.17, 15) is 15.0 Å². The number of carbonyl (C=O) groups is 1. The van der Waals surface area contributed by atoms with E-state index in [-0.39, 0.29) is 19.1 Å². The van der Waals surface area contributed by atoms with Gasteiger partial charge < -0.3 is 21.3 Å². The second kappa shape index (κ2) is 7.23. The van der Waals surface area contributed by atoms with Gasteiger partial charge in [0, 0.05) is 5.56 Å². The van der Waals surface area contributed by atoms with Gasteiger partial charge >= 0.3 is 0 Å². The first-order valence-electron chi connectivity index (χ1n) is 6.44. The standard InChI is InChI=1S/C14H22N2O3/c1-2-14(9-17,10-18)16-13(19)12-5-3-11(4-6-12)7-8-15/h3-6,17-18H,2,7-10,15H2,1H3,(H,16,19). The molecule has 5 N–H and O–H groups in total. The van der Waals surface area contributed by atoms with Gasteiger partial charge in [-0.05, 0) is 37.1 Å². The third kappa shape index (κ3) is 4.02. The summed E-state index contributed by atoms with van der Waals surface area (Å²) >= 11 is 0. The maximum Gasteiger partial charge on any atom is 0.251 e. The van der Waals surface area contributed by atoms with Crippen LogP contribution in [0.1, 0.15) is 29.3 Å². The Hall–Kier alpha value is -1.43. The quantitative estimate of drug-likeness (QED) is 0.561. The van der Waals surface area contributed by atoms with Gasteiger partial charge in [0.1, 0.15) is 0 Å². The molecule has 0 aliphatic heterocycles. The largest absolute Gasteiger partial charge is 0.394 e. The summed E-state index contributed by atoms with van der Waals surface area (Å²) in [7, 11) is 0. The van der Waals surface area contributed by atoms with Crippen molar-refractivity contribution in [3.8, 4) is 0 Å². The Balaban J connectivity index is 2.77. The van der Waals surface area contributed by atoms with Crippen molar-refractivity contribution in [3.63, 3.8) is 0 Å². The number of hydrogen-bond acceptors (Lipinski definition) is 4. The highest BCUT2D eigenvalue weighted by atomic mass is 16.3. The van der Waals surface area contributed by atoms with E-state index < -0.39 is 5.54 Å². The molecule has 1 amide bonds. The molecule has 106 valence electrons. The lowest BCUT2D eigenvalue weighted by Gasteiger charge is -2.29. The van der Waals surface area contributed by atoms with E-state index in [4.69, 9.17) is 5.73 Å². The van der Waals surface area contributed by atoms with Crippen LogP contribution in [0.25, 0.3) is 0 Å². The Bertz CT molecular complexity index is 391. The smallest absolute Gasteiger partial charge is 0.251 e. The van der Waals surface area contributed by atoms with Crippen molar-refractivity contribution in [2.24, 2.45) is 5.73 Å². The highest BCUT2D eigenvalue weighted by molar-refractivity contribution is 5.94. The summed E-state index contributed by atoms with van der Waals surface area (Å²) in [4.78, 5) is 12.0. The van der Waals surface area contributed by atoms with Crippen LogP contribution < -0.4 is 11.1 Å². The first kappa shape index (κ1) is 15.6.